The van der Waals surface area contributed by atoms with Crippen molar-refractivity contribution >= 4 is 21.9 Å². The Morgan fingerprint density at radius 3 is 2.38 bits per heavy atom. The molecule has 4 aromatic carbocycles. The standard InChI is InChI=1S/C25H16O/c1-2-6-16(7-3-1)17-10-11-18-15-23-19(22(18)14-17)12-13-21-20-8-4-5-9-24(20)26-25(21)23/h1-14H,15H2. The number of hydrogen-bond acceptors (Lipinski definition) is 1. The van der Waals surface area contributed by atoms with Crippen LogP contribution >= 0.6 is 0 Å². The van der Waals surface area contributed by atoms with Crippen molar-refractivity contribution in [3.05, 3.63) is 96.1 Å². The zero-order valence-electron chi connectivity index (χ0n) is 14.2. The molecule has 0 amide bonds. The highest BCUT2D eigenvalue weighted by Crippen LogP contribution is 2.44. The number of fused-ring (bicyclic) bond motifs is 7. The topological polar surface area (TPSA) is 13.1 Å². The Hall–Kier alpha value is -3.32. The van der Waals surface area contributed by atoms with Crippen molar-refractivity contribution in [3.63, 3.8) is 0 Å². The minimum absolute atomic E-state index is 0.941. The smallest absolute Gasteiger partial charge is 0.139 e. The monoisotopic (exact) mass is 332 g/mol. The predicted octanol–water partition coefficient (Wildman–Crippen LogP) is 6.82. The molecule has 1 nitrogen and oxygen atoms in total. The van der Waals surface area contributed by atoms with Crippen molar-refractivity contribution in [1.82, 2.24) is 0 Å². The van der Waals surface area contributed by atoms with Crippen LogP contribution in [0.5, 0.6) is 0 Å². The molecule has 1 aliphatic rings. The molecule has 122 valence electrons. The maximum absolute atomic E-state index is 6.24. The molecule has 0 saturated heterocycles. The number of rotatable bonds is 1. The lowest BCUT2D eigenvalue weighted by atomic mass is 9.98. The Morgan fingerprint density at radius 1 is 0.615 bits per heavy atom. The van der Waals surface area contributed by atoms with Crippen LogP contribution in [-0.2, 0) is 6.42 Å². The van der Waals surface area contributed by atoms with E-state index in [4.69, 9.17) is 4.42 Å². The van der Waals surface area contributed by atoms with Gasteiger partial charge in [0.25, 0.3) is 0 Å². The molecule has 0 saturated carbocycles. The molecule has 0 unspecified atom stereocenters. The van der Waals surface area contributed by atoms with Gasteiger partial charge in [0.15, 0.2) is 0 Å². The molecule has 0 spiro atoms. The van der Waals surface area contributed by atoms with Crippen LogP contribution in [0.25, 0.3) is 44.2 Å². The van der Waals surface area contributed by atoms with Crippen LogP contribution in [0.3, 0.4) is 0 Å². The molecule has 0 atom stereocenters. The molecule has 1 heterocycles. The van der Waals surface area contributed by atoms with E-state index in [1.807, 2.05) is 6.07 Å². The van der Waals surface area contributed by atoms with E-state index < -0.39 is 0 Å². The number of para-hydroxylation sites is 1. The third-order valence-corrected chi connectivity index (χ3v) is 5.52. The van der Waals surface area contributed by atoms with Gasteiger partial charge in [0.1, 0.15) is 11.2 Å². The van der Waals surface area contributed by atoms with Gasteiger partial charge in [-0.1, -0.05) is 66.7 Å². The van der Waals surface area contributed by atoms with Gasteiger partial charge in [-0.2, -0.15) is 0 Å². The maximum atomic E-state index is 6.24. The van der Waals surface area contributed by atoms with Gasteiger partial charge in [-0.25, -0.2) is 0 Å². The SMILES string of the molecule is c1ccc(-c2ccc3c(c2)-c2ccc4c(oc5ccccc54)c2C3)cc1. The Balaban J connectivity index is 1.59. The van der Waals surface area contributed by atoms with Crippen LogP contribution < -0.4 is 0 Å². The Morgan fingerprint density at radius 2 is 1.46 bits per heavy atom. The lowest BCUT2D eigenvalue weighted by Gasteiger charge is -2.06. The Kier molecular flexibility index (Phi) is 2.72. The van der Waals surface area contributed by atoms with E-state index in [0.717, 1.165) is 17.6 Å². The summed E-state index contributed by atoms with van der Waals surface area (Å²) in [5.41, 5.74) is 9.88. The van der Waals surface area contributed by atoms with Gasteiger partial charge in [-0.3, -0.25) is 0 Å². The van der Waals surface area contributed by atoms with E-state index in [1.54, 1.807) is 0 Å². The minimum Gasteiger partial charge on any atom is -0.456 e. The quantitative estimate of drug-likeness (QED) is 0.322. The predicted molar refractivity (Wildman–Crippen MR) is 107 cm³/mol. The van der Waals surface area contributed by atoms with Crippen LogP contribution in [0.1, 0.15) is 11.1 Å². The van der Waals surface area contributed by atoms with Crippen molar-refractivity contribution in [1.29, 1.82) is 0 Å². The summed E-state index contributed by atoms with van der Waals surface area (Å²) in [7, 11) is 0. The van der Waals surface area contributed by atoms with Crippen LogP contribution in [0.4, 0.5) is 0 Å². The zero-order valence-corrected chi connectivity index (χ0v) is 14.2. The minimum atomic E-state index is 0.941. The molecular weight excluding hydrogens is 316 g/mol. The molecule has 0 fully saturated rings. The first kappa shape index (κ1) is 13.9. The van der Waals surface area contributed by atoms with E-state index in [9.17, 15) is 0 Å². The van der Waals surface area contributed by atoms with Crippen LogP contribution in [-0.4, -0.2) is 0 Å². The summed E-state index contributed by atoms with van der Waals surface area (Å²) in [4.78, 5) is 0. The fourth-order valence-electron chi connectivity index (χ4n) is 4.25. The summed E-state index contributed by atoms with van der Waals surface area (Å²) in [6.45, 7) is 0. The third-order valence-electron chi connectivity index (χ3n) is 5.52. The van der Waals surface area contributed by atoms with Crippen LogP contribution in [0, 0.1) is 0 Å². The van der Waals surface area contributed by atoms with E-state index in [1.165, 1.54) is 44.2 Å². The molecule has 0 radical (unpaired) electrons. The number of benzene rings is 4. The molecule has 0 bridgehead atoms. The molecule has 5 aromatic rings. The molecular formula is C25H16O. The summed E-state index contributed by atoms with van der Waals surface area (Å²) in [6.07, 6.45) is 0.941. The largest absolute Gasteiger partial charge is 0.456 e. The summed E-state index contributed by atoms with van der Waals surface area (Å²) < 4.78 is 6.24. The molecule has 26 heavy (non-hydrogen) atoms. The van der Waals surface area contributed by atoms with E-state index >= 15 is 0 Å². The van der Waals surface area contributed by atoms with Crippen molar-refractivity contribution < 1.29 is 4.42 Å². The van der Waals surface area contributed by atoms with Gasteiger partial charge in [0, 0.05) is 22.8 Å². The summed E-state index contributed by atoms with van der Waals surface area (Å²) >= 11 is 0. The van der Waals surface area contributed by atoms with Crippen LogP contribution in [0.2, 0.25) is 0 Å². The first-order chi connectivity index (χ1) is 12.9. The average molecular weight is 332 g/mol. The van der Waals surface area contributed by atoms with E-state index in [2.05, 4.69) is 78.9 Å². The average Bonchev–Trinajstić information content (AvgIpc) is 3.26. The fraction of sp³-hybridized carbons (Fsp3) is 0.0400. The van der Waals surface area contributed by atoms with Crippen LogP contribution in [0.15, 0.2) is 89.3 Å². The summed E-state index contributed by atoms with van der Waals surface area (Å²) in [5, 5.41) is 2.42. The maximum Gasteiger partial charge on any atom is 0.139 e. The number of hydrogen-bond donors (Lipinski definition) is 0. The second-order valence-electron chi connectivity index (χ2n) is 6.98. The molecule has 0 aliphatic heterocycles. The summed E-state index contributed by atoms with van der Waals surface area (Å²) in [5.74, 6) is 0. The van der Waals surface area contributed by atoms with Crippen molar-refractivity contribution in [2.24, 2.45) is 0 Å². The van der Waals surface area contributed by atoms with Crippen molar-refractivity contribution in [2.75, 3.05) is 0 Å². The highest BCUT2D eigenvalue weighted by atomic mass is 16.3. The lowest BCUT2D eigenvalue weighted by molar-refractivity contribution is 0.665. The molecule has 0 N–H and O–H groups in total. The van der Waals surface area contributed by atoms with Gasteiger partial charge < -0.3 is 4.42 Å². The second-order valence-corrected chi connectivity index (χ2v) is 6.98. The van der Waals surface area contributed by atoms with Crippen molar-refractivity contribution in [2.45, 2.75) is 6.42 Å². The molecule has 1 aromatic heterocycles. The summed E-state index contributed by atoms with van der Waals surface area (Å²) in [6, 6.07) is 30.2. The Bertz CT molecular complexity index is 1290. The van der Waals surface area contributed by atoms with Gasteiger partial charge in [-0.15, -0.1) is 0 Å². The van der Waals surface area contributed by atoms with E-state index in [0.29, 0.717) is 0 Å². The Labute approximate surface area is 151 Å². The lowest BCUT2D eigenvalue weighted by Crippen LogP contribution is -1.82. The highest BCUT2D eigenvalue weighted by molar-refractivity contribution is 6.08. The highest BCUT2D eigenvalue weighted by Gasteiger charge is 2.23. The second kappa shape index (κ2) is 5.09. The normalized spacial score (nSPS) is 12.5. The van der Waals surface area contributed by atoms with Crippen molar-refractivity contribution in [3.8, 4) is 22.3 Å². The zero-order chi connectivity index (χ0) is 17.1. The van der Waals surface area contributed by atoms with Gasteiger partial charge in [0.2, 0.25) is 0 Å². The van der Waals surface area contributed by atoms with Gasteiger partial charge >= 0.3 is 0 Å². The van der Waals surface area contributed by atoms with Gasteiger partial charge in [-0.05, 0) is 46.0 Å². The van der Waals surface area contributed by atoms with Gasteiger partial charge in [0.05, 0.1) is 0 Å². The van der Waals surface area contributed by atoms with E-state index in [-0.39, 0.29) is 0 Å². The fourth-order valence-corrected chi connectivity index (χ4v) is 4.25. The molecule has 1 aliphatic carbocycles. The first-order valence-electron chi connectivity index (χ1n) is 9.00. The molecule has 1 heteroatoms. The third kappa shape index (κ3) is 1.86. The molecule has 6 rings (SSSR count). The first-order valence-corrected chi connectivity index (χ1v) is 9.00. The number of furan rings is 1.